The van der Waals surface area contributed by atoms with E-state index in [0.717, 1.165) is 43.8 Å². The molecule has 1 aliphatic heterocycles. The van der Waals surface area contributed by atoms with Gasteiger partial charge in [0, 0.05) is 40.9 Å². The van der Waals surface area contributed by atoms with E-state index >= 15 is 0 Å². The van der Waals surface area contributed by atoms with Gasteiger partial charge >= 0.3 is 6.09 Å². The van der Waals surface area contributed by atoms with Crippen molar-refractivity contribution >= 4 is 50.1 Å². The summed E-state index contributed by atoms with van der Waals surface area (Å²) in [7, 11) is 0. The van der Waals surface area contributed by atoms with Crippen LogP contribution in [-0.2, 0) is 6.54 Å². The smallest absolute Gasteiger partial charge is 0.404 e. The number of carbonyl (C=O) groups is 1. The van der Waals surface area contributed by atoms with Gasteiger partial charge in [-0.05, 0) is 55.0 Å². The Kier molecular flexibility index (Phi) is 6.56. The standard InChI is InChI=1S/C28H22F2N6O2S/c29-18-1-5-23(30)17(9-18)14-36-8-7-16-10-20(3-6-25(16)36)34-27-26-24(32-15-33-27)12-22(39-26)4-2-19-11-21(13-31-19)35-28(37)38/h1,3,5-10,12,15,19,21,31,35H,11,13-14H2,(H,37,38)(H,32,33,34)/t19-,21-/m1/s1. The Bertz CT molecular complexity index is 1770. The van der Waals surface area contributed by atoms with Gasteiger partial charge in [0.05, 0.1) is 27.7 Å². The van der Waals surface area contributed by atoms with Crippen molar-refractivity contribution in [2.45, 2.75) is 25.0 Å². The van der Waals surface area contributed by atoms with Crippen LogP contribution >= 0.6 is 11.3 Å². The molecule has 6 rings (SSSR count). The van der Waals surface area contributed by atoms with Gasteiger partial charge in [-0.3, -0.25) is 0 Å². The van der Waals surface area contributed by atoms with E-state index < -0.39 is 17.7 Å². The van der Waals surface area contributed by atoms with Crippen LogP contribution in [0.25, 0.3) is 21.1 Å². The molecule has 1 saturated heterocycles. The highest BCUT2D eigenvalue weighted by Crippen LogP contribution is 2.31. The second-order valence-corrected chi connectivity index (χ2v) is 10.3. The number of thiophene rings is 1. The first kappa shape index (κ1) is 24.8. The van der Waals surface area contributed by atoms with E-state index in [9.17, 15) is 13.6 Å². The Hall–Kier alpha value is -4.53. The Morgan fingerprint density at radius 3 is 2.95 bits per heavy atom. The minimum Gasteiger partial charge on any atom is -0.465 e. The van der Waals surface area contributed by atoms with Crippen LogP contribution in [0.1, 0.15) is 16.9 Å². The van der Waals surface area contributed by atoms with Crippen LogP contribution in [0.15, 0.2) is 61.1 Å². The second-order valence-electron chi connectivity index (χ2n) is 9.24. The summed E-state index contributed by atoms with van der Waals surface area (Å²) in [5.74, 6) is 6.10. The van der Waals surface area contributed by atoms with Gasteiger partial charge in [-0.15, -0.1) is 11.3 Å². The maximum atomic E-state index is 14.1. The van der Waals surface area contributed by atoms with Crippen LogP contribution in [0, 0.1) is 23.5 Å². The van der Waals surface area contributed by atoms with E-state index in [1.54, 1.807) is 0 Å². The zero-order valence-corrected chi connectivity index (χ0v) is 21.2. The van der Waals surface area contributed by atoms with E-state index in [1.165, 1.54) is 23.7 Å². The Morgan fingerprint density at radius 2 is 2.08 bits per heavy atom. The van der Waals surface area contributed by atoms with Gasteiger partial charge in [0.2, 0.25) is 0 Å². The van der Waals surface area contributed by atoms with Crippen LogP contribution in [0.2, 0.25) is 0 Å². The summed E-state index contributed by atoms with van der Waals surface area (Å²) < 4.78 is 30.5. The van der Waals surface area contributed by atoms with E-state index in [4.69, 9.17) is 5.11 Å². The molecule has 3 aromatic heterocycles. The molecule has 0 bridgehead atoms. The molecule has 1 amide bonds. The van der Waals surface area contributed by atoms with Crippen molar-refractivity contribution in [1.29, 1.82) is 0 Å². The fourth-order valence-electron chi connectivity index (χ4n) is 4.69. The number of hydrogen-bond donors (Lipinski definition) is 4. The summed E-state index contributed by atoms with van der Waals surface area (Å²) in [5, 5.41) is 18.9. The number of nitrogens with one attached hydrogen (secondary N) is 3. The molecule has 4 heterocycles. The van der Waals surface area contributed by atoms with Crippen molar-refractivity contribution in [2.24, 2.45) is 0 Å². The van der Waals surface area contributed by atoms with Gasteiger partial charge in [0.15, 0.2) is 5.82 Å². The summed E-state index contributed by atoms with van der Waals surface area (Å²) in [6.07, 6.45) is 2.93. The molecule has 39 heavy (non-hydrogen) atoms. The highest BCUT2D eigenvalue weighted by Gasteiger charge is 2.23. The Balaban J connectivity index is 1.20. The summed E-state index contributed by atoms with van der Waals surface area (Å²) >= 11 is 1.48. The van der Waals surface area contributed by atoms with Crippen LogP contribution in [0.5, 0.6) is 0 Å². The summed E-state index contributed by atoms with van der Waals surface area (Å²) in [6, 6.07) is 12.9. The highest BCUT2D eigenvalue weighted by atomic mass is 32.1. The third-order valence-corrected chi connectivity index (χ3v) is 7.57. The first-order valence-corrected chi connectivity index (χ1v) is 13.0. The van der Waals surface area contributed by atoms with E-state index in [-0.39, 0.29) is 24.2 Å². The molecular weight excluding hydrogens is 522 g/mol. The van der Waals surface area contributed by atoms with Gasteiger partial charge in [0.1, 0.15) is 18.0 Å². The normalized spacial score (nSPS) is 16.8. The van der Waals surface area contributed by atoms with Crippen LogP contribution in [-0.4, -0.2) is 44.4 Å². The molecular formula is C28H22F2N6O2S. The molecule has 0 unspecified atom stereocenters. The lowest BCUT2D eigenvalue weighted by atomic mass is 10.2. The van der Waals surface area contributed by atoms with E-state index in [1.807, 2.05) is 41.1 Å². The average Bonchev–Trinajstić information content (AvgIpc) is 3.63. The first-order chi connectivity index (χ1) is 18.9. The molecule has 0 aliphatic carbocycles. The number of anilines is 2. The number of amides is 1. The lowest BCUT2D eigenvalue weighted by Crippen LogP contribution is -2.34. The van der Waals surface area contributed by atoms with Gasteiger partial charge in [0.25, 0.3) is 0 Å². The number of halogens is 2. The van der Waals surface area contributed by atoms with Crippen molar-refractivity contribution in [1.82, 2.24) is 25.2 Å². The third-order valence-electron chi connectivity index (χ3n) is 6.52. The molecule has 1 aliphatic rings. The average molecular weight is 545 g/mol. The molecule has 2 atom stereocenters. The Morgan fingerprint density at radius 1 is 1.18 bits per heavy atom. The number of nitrogens with zero attached hydrogens (tertiary/aromatic N) is 3. The number of benzene rings is 2. The summed E-state index contributed by atoms with van der Waals surface area (Å²) in [4.78, 5) is 20.5. The number of aromatic nitrogens is 3. The minimum atomic E-state index is -1.03. The van der Waals surface area contributed by atoms with Crippen LogP contribution in [0.4, 0.5) is 25.1 Å². The fraction of sp³-hybridized carbons (Fsp3) is 0.179. The van der Waals surface area contributed by atoms with E-state index in [0.29, 0.717) is 18.8 Å². The van der Waals surface area contributed by atoms with Gasteiger partial charge in [-0.1, -0.05) is 11.8 Å². The maximum absolute atomic E-state index is 14.1. The molecule has 4 N–H and O–H groups in total. The topological polar surface area (TPSA) is 104 Å². The molecule has 1 fully saturated rings. The largest absolute Gasteiger partial charge is 0.465 e. The monoisotopic (exact) mass is 544 g/mol. The van der Waals surface area contributed by atoms with Crippen LogP contribution < -0.4 is 16.0 Å². The predicted octanol–water partition coefficient (Wildman–Crippen LogP) is 5.07. The minimum absolute atomic E-state index is 0.0906. The number of fused-ring (bicyclic) bond motifs is 2. The van der Waals surface area contributed by atoms with Crippen molar-refractivity contribution in [3.8, 4) is 11.8 Å². The maximum Gasteiger partial charge on any atom is 0.404 e. The summed E-state index contributed by atoms with van der Waals surface area (Å²) in [5.41, 5.74) is 2.78. The molecule has 0 saturated carbocycles. The van der Waals surface area contributed by atoms with Crippen molar-refractivity contribution in [3.05, 3.63) is 83.1 Å². The van der Waals surface area contributed by atoms with E-state index in [2.05, 4.69) is 37.8 Å². The molecule has 196 valence electrons. The SMILES string of the molecule is O=C(O)N[C@H]1CN[C@H](C#Cc2cc3ncnc(Nc4ccc5c(ccn5Cc5cc(F)ccc5F)c4)c3s2)C1. The number of carboxylic acid groups (broad SMARTS) is 1. The highest BCUT2D eigenvalue weighted by molar-refractivity contribution is 7.20. The van der Waals surface area contributed by atoms with Crippen LogP contribution in [0.3, 0.4) is 0 Å². The number of hydrogen-bond acceptors (Lipinski definition) is 6. The quantitative estimate of drug-likeness (QED) is 0.231. The lowest BCUT2D eigenvalue weighted by Gasteiger charge is -2.09. The van der Waals surface area contributed by atoms with Crippen molar-refractivity contribution < 1.29 is 18.7 Å². The zero-order chi connectivity index (χ0) is 26.9. The Labute approximate surface area is 225 Å². The molecule has 11 heteroatoms. The molecule has 2 aromatic carbocycles. The van der Waals surface area contributed by atoms with Crippen molar-refractivity contribution in [3.63, 3.8) is 0 Å². The molecule has 8 nitrogen and oxygen atoms in total. The fourth-order valence-corrected chi connectivity index (χ4v) is 5.61. The lowest BCUT2D eigenvalue weighted by molar-refractivity contribution is 0.190. The first-order valence-electron chi connectivity index (χ1n) is 12.2. The van der Waals surface area contributed by atoms with Crippen molar-refractivity contribution in [2.75, 3.05) is 11.9 Å². The van der Waals surface area contributed by atoms with Gasteiger partial charge < -0.3 is 25.6 Å². The third kappa shape index (κ3) is 5.38. The summed E-state index contributed by atoms with van der Waals surface area (Å²) in [6.45, 7) is 0.769. The predicted molar refractivity (Wildman–Crippen MR) is 146 cm³/mol. The molecule has 0 spiro atoms. The van der Waals surface area contributed by atoms with Gasteiger partial charge in [-0.2, -0.15) is 0 Å². The number of rotatable bonds is 5. The molecule has 5 aromatic rings. The molecule has 0 radical (unpaired) electrons. The van der Waals surface area contributed by atoms with Gasteiger partial charge in [-0.25, -0.2) is 23.5 Å². The zero-order valence-electron chi connectivity index (χ0n) is 20.4. The second kappa shape index (κ2) is 10.3.